The van der Waals surface area contributed by atoms with Gasteiger partial charge in [-0.2, -0.15) is 4.98 Å². The molecular weight excluding hydrogens is 332 g/mol. The summed E-state index contributed by atoms with van der Waals surface area (Å²) in [6.45, 7) is 2.96. The Morgan fingerprint density at radius 3 is 3.04 bits per heavy atom. The van der Waals surface area contributed by atoms with E-state index in [-0.39, 0.29) is 30.7 Å². The normalized spacial score (nSPS) is 18.6. The smallest absolute Gasteiger partial charge is 0.326 e. The van der Waals surface area contributed by atoms with E-state index in [2.05, 4.69) is 25.3 Å². The topological polar surface area (TPSA) is 92.0 Å². The van der Waals surface area contributed by atoms with Crippen molar-refractivity contribution in [3.05, 3.63) is 46.5 Å². The summed E-state index contributed by atoms with van der Waals surface area (Å²) in [4.78, 5) is 21.6. The number of nitrogens with zero attached hydrogens (tertiary/aromatic N) is 4. The molecule has 0 saturated carbocycles. The highest BCUT2D eigenvalue weighted by atomic mass is 35.5. The van der Waals surface area contributed by atoms with Crippen LogP contribution < -0.4 is 11.0 Å². The minimum atomic E-state index is -0.178. The van der Waals surface area contributed by atoms with Crippen molar-refractivity contribution in [3.63, 3.8) is 0 Å². The van der Waals surface area contributed by atoms with Gasteiger partial charge in [-0.05, 0) is 19.2 Å². The number of likely N-dealkylation sites (N-methyl/N-ethyl adjacent to an activating group) is 1. The highest BCUT2D eigenvalue weighted by molar-refractivity contribution is 5.85. The van der Waals surface area contributed by atoms with Crippen molar-refractivity contribution in [2.75, 3.05) is 26.7 Å². The number of imidazole rings is 1. The van der Waals surface area contributed by atoms with Crippen LogP contribution in [0.1, 0.15) is 17.8 Å². The minimum absolute atomic E-state index is 0. The molecule has 3 heterocycles. The van der Waals surface area contributed by atoms with Gasteiger partial charge in [-0.15, -0.1) is 12.4 Å². The van der Waals surface area contributed by atoms with Crippen LogP contribution in [0.15, 0.2) is 33.6 Å². The number of fused-ring (bicyclic) bond motifs is 1. The highest BCUT2D eigenvalue weighted by Gasteiger charge is 2.25. The van der Waals surface area contributed by atoms with Crippen LogP contribution in [0.5, 0.6) is 0 Å². The number of benzene rings is 1. The van der Waals surface area contributed by atoms with Crippen LogP contribution in [0.25, 0.3) is 11.0 Å². The van der Waals surface area contributed by atoms with Gasteiger partial charge in [-0.25, -0.2) is 4.79 Å². The van der Waals surface area contributed by atoms with Crippen LogP contribution >= 0.6 is 12.4 Å². The predicted molar refractivity (Wildman–Crippen MR) is 91.4 cm³/mol. The number of H-pyrrole nitrogens is 1. The molecule has 128 valence electrons. The van der Waals surface area contributed by atoms with Gasteiger partial charge < -0.3 is 14.8 Å². The van der Waals surface area contributed by atoms with Crippen LogP contribution in [0.2, 0.25) is 0 Å². The van der Waals surface area contributed by atoms with E-state index in [1.54, 1.807) is 4.57 Å². The molecule has 0 amide bonds. The summed E-state index contributed by atoms with van der Waals surface area (Å²) >= 11 is 0. The van der Waals surface area contributed by atoms with E-state index in [9.17, 15) is 4.79 Å². The van der Waals surface area contributed by atoms with Gasteiger partial charge in [-0.1, -0.05) is 17.3 Å². The Kier molecular flexibility index (Phi) is 4.70. The van der Waals surface area contributed by atoms with Crippen LogP contribution in [-0.4, -0.2) is 51.3 Å². The molecule has 4 rings (SSSR count). The summed E-state index contributed by atoms with van der Waals surface area (Å²) in [7, 11) is 2.05. The minimum Gasteiger partial charge on any atom is -0.337 e. The summed E-state index contributed by atoms with van der Waals surface area (Å²) in [5, 5.41) is 7.42. The lowest BCUT2D eigenvalue weighted by Gasteiger charge is -2.30. The molecule has 2 N–H and O–H groups in total. The molecule has 24 heavy (non-hydrogen) atoms. The predicted octanol–water partition coefficient (Wildman–Crippen LogP) is 0.759. The number of halogens is 1. The lowest BCUT2D eigenvalue weighted by molar-refractivity contribution is 0.190. The van der Waals surface area contributed by atoms with Crippen molar-refractivity contribution in [1.29, 1.82) is 0 Å². The zero-order chi connectivity index (χ0) is 15.8. The Bertz CT molecular complexity index is 885. The van der Waals surface area contributed by atoms with Crippen LogP contribution in [0, 0.1) is 0 Å². The van der Waals surface area contributed by atoms with E-state index in [1.165, 1.54) is 0 Å². The summed E-state index contributed by atoms with van der Waals surface area (Å²) in [5.74, 6) is 1.09. The second-order valence-electron chi connectivity index (χ2n) is 5.78. The molecule has 1 aliphatic heterocycles. The maximum atomic E-state index is 12.1. The first kappa shape index (κ1) is 16.7. The second-order valence-corrected chi connectivity index (χ2v) is 5.78. The lowest BCUT2D eigenvalue weighted by atomic mass is 10.2. The Labute approximate surface area is 144 Å². The van der Waals surface area contributed by atoms with Gasteiger partial charge in [0.25, 0.3) is 0 Å². The number of aromatic nitrogens is 4. The molecule has 0 aliphatic carbocycles. The monoisotopic (exact) mass is 350 g/mol. The largest absolute Gasteiger partial charge is 0.337 e. The van der Waals surface area contributed by atoms with E-state index in [1.807, 2.05) is 31.3 Å². The number of hydrogen-bond acceptors (Lipinski definition) is 6. The standard InChI is InChI=1S/C15H18N6O2.ClH/c1-20-7-6-16-8-12(20)14-18-13(23-19-14)9-21-11-5-3-2-4-10(11)17-15(21)22;/h2-5,12,16H,6-9H2,1H3,(H,17,22);1H. The van der Waals surface area contributed by atoms with Crippen molar-refractivity contribution in [2.45, 2.75) is 12.6 Å². The maximum Gasteiger partial charge on any atom is 0.326 e. The van der Waals surface area contributed by atoms with Gasteiger partial charge in [0.2, 0.25) is 5.89 Å². The molecule has 1 aliphatic rings. The second kappa shape index (κ2) is 6.76. The summed E-state index contributed by atoms with van der Waals surface area (Å²) in [6.07, 6.45) is 0. The van der Waals surface area contributed by atoms with Gasteiger partial charge in [-0.3, -0.25) is 9.47 Å². The van der Waals surface area contributed by atoms with E-state index < -0.39 is 0 Å². The van der Waals surface area contributed by atoms with E-state index >= 15 is 0 Å². The fraction of sp³-hybridized carbons (Fsp3) is 0.400. The SMILES string of the molecule is CN1CCNCC1c1noc(Cn2c(=O)[nH]c3ccccc32)n1.Cl. The molecule has 9 heteroatoms. The molecule has 0 spiro atoms. The molecule has 0 bridgehead atoms. The molecule has 0 radical (unpaired) electrons. The fourth-order valence-corrected chi connectivity index (χ4v) is 2.96. The molecule has 3 aromatic rings. The van der Waals surface area contributed by atoms with Gasteiger partial charge in [0.15, 0.2) is 5.82 Å². The number of piperazine rings is 1. The molecule has 1 aromatic carbocycles. The summed E-state index contributed by atoms with van der Waals surface area (Å²) in [6, 6.07) is 7.65. The number of rotatable bonds is 3. The van der Waals surface area contributed by atoms with Gasteiger partial charge in [0, 0.05) is 19.6 Å². The maximum absolute atomic E-state index is 12.1. The zero-order valence-corrected chi connectivity index (χ0v) is 14.0. The van der Waals surface area contributed by atoms with E-state index in [4.69, 9.17) is 4.52 Å². The molecule has 1 saturated heterocycles. The Hall–Kier alpha value is -2.16. The van der Waals surface area contributed by atoms with Crippen molar-refractivity contribution in [2.24, 2.45) is 0 Å². The average Bonchev–Trinajstić information content (AvgIpc) is 3.14. The van der Waals surface area contributed by atoms with Gasteiger partial charge >= 0.3 is 5.69 Å². The van der Waals surface area contributed by atoms with Crippen molar-refractivity contribution < 1.29 is 4.52 Å². The summed E-state index contributed by atoms with van der Waals surface area (Å²) < 4.78 is 6.96. The first-order valence-electron chi connectivity index (χ1n) is 7.63. The third-order valence-corrected chi connectivity index (χ3v) is 4.27. The molecule has 8 nitrogen and oxygen atoms in total. The number of hydrogen-bond donors (Lipinski definition) is 2. The third-order valence-electron chi connectivity index (χ3n) is 4.27. The first-order chi connectivity index (χ1) is 11.2. The van der Waals surface area contributed by atoms with Gasteiger partial charge in [0.05, 0.1) is 17.1 Å². The number of para-hydroxylation sites is 2. The molecule has 2 aromatic heterocycles. The molecule has 1 unspecified atom stereocenters. The molecular formula is C15H19ClN6O2. The third kappa shape index (κ3) is 2.95. The average molecular weight is 351 g/mol. The fourth-order valence-electron chi connectivity index (χ4n) is 2.96. The molecule has 1 fully saturated rings. The lowest BCUT2D eigenvalue weighted by Crippen LogP contribution is -2.44. The Balaban J connectivity index is 0.00000169. The van der Waals surface area contributed by atoms with Crippen LogP contribution in [0.4, 0.5) is 0 Å². The summed E-state index contributed by atoms with van der Waals surface area (Å²) in [5.41, 5.74) is 1.45. The van der Waals surface area contributed by atoms with Crippen LogP contribution in [-0.2, 0) is 6.54 Å². The number of aromatic amines is 1. The number of nitrogens with one attached hydrogen (secondary N) is 2. The quantitative estimate of drug-likeness (QED) is 0.724. The zero-order valence-electron chi connectivity index (χ0n) is 13.2. The van der Waals surface area contributed by atoms with Crippen LogP contribution in [0.3, 0.4) is 0 Å². The van der Waals surface area contributed by atoms with Crippen molar-refractivity contribution >= 4 is 23.4 Å². The Morgan fingerprint density at radius 1 is 1.38 bits per heavy atom. The van der Waals surface area contributed by atoms with Gasteiger partial charge in [0.1, 0.15) is 6.54 Å². The molecule has 1 atom stereocenters. The Morgan fingerprint density at radius 2 is 2.21 bits per heavy atom. The first-order valence-corrected chi connectivity index (χ1v) is 7.63. The van der Waals surface area contributed by atoms with Crippen molar-refractivity contribution in [3.8, 4) is 0 Å². The van der Waals surface area contributed by atoms with E-state index in [0.717, 1.165) is 30.7 Å². The van der Waals surface area contributed by atoms with E-state index in [0.29, 0.717) is 11.7 Å². The highest BCUT2D eigenvalue weighted by Crippen LogP contribution is 2.18. The van der Waals surface area contributed by atoms with Crippen molar-refractivity contribution in [1.82, 2.24) is 29.9 Å².